The number of carbonyl (C=O) groups is 1. The number of benzene rings is 1. The van der Waals surface area contributed by atoms with Crippen LogP contribution in [0.25, 0.3) is 0 Å². The lowest BCUT2D eigenvalue weighted by Gasteiger charge is -2.45. The van der Waals surface area contributed by atoms with Gasteiger partial charge in [0.05, 0.1) is 38.1 Å². The Morgan fingerprint density at radius 3 is 1.78 bits per heavy atom. The number of methoxy groups -OCH3 is 2. The number of aldehydes is 1. The van der Waals surface area contributed by atoms with E-state index >= 15 is 0 Å². The molecule has 1 aromatic rings. The van der Waals surface area contributed by atoms with Crippen LogP contribution in [0.1, 0.15) is 73.8 Å². The maximum Gasteiger partial charge on any atom is 0.192 e. The Kier molecular flexibility index (Phi) is 16.9. The molecule has 0 spiro atoms. The molecule has 236 valence electrons. The third-order valence-corrected chi connectivity index (χ3v) is 18.7. The summed E-state index contributed by atoms with van der Waals surface area (Å²) in [6.45, 7) is 22.3. The number of hydrogen-bond donors (Lipinski definition) is 0. The average molecular weight is 609 g/mol. The zero-order valence-electron chi connectivity index (χ0n) is 27.8. The lowest BCUT2D eigenvalue weighted by molar-refractivity contribution is -0.137. The summed E-state index contributed by atoms with van der Waals surface area (Å²) in [5.74, 6) is 0.814. The summed E-state index contributed by atoms with van der Waals surface area (Å²) in [5.41, 5.74) is 0.652. The van der Waals surface area contributed by atoms with E-state index in [9.17, 15) is 4.79 Å². The number of carbonyl (C=O) groups excluding carboxylic acids is 1. The van der Waals surface area contributed by atoms with Crippen LogP contribution in [0.2, 0.25) is 36.3 Å². The molecule has 41 heavy (non-hydrogen) atoms. The van der Waals surface area contributed by atoms with Gasteiger partial charge in [0.1, 0.15) is 12.0 Å². The van der Waals surface area contributed by atoms with Crippen molar-refractivity contribution in [2.45, 2.75) is 136 Å². The van der Waals surface area contributed by atoms with Crippen LogP contribution in [-0.2, 0) is 29.7 Å². The van der Waals surface area contributed by atoms with Gasteiger partial charge in [-0.3, -0.25) is 0 Å². The van der Waals surface area contributed by atoms with Crippen molar-refractivity contribution in [1.82, 2.24) is 0 Å². The largest absolute Gasteiger partial charge is 0.497 e. The van der Waals surface area contributed by atoms with Crippen molar-refractivity contribution in [3.63, 3.8) is 0 Å². The van der Waals surface area contributed by atoms with Gasteiger partial charge in [-0.25, -0.2) is 0 Å². The molecule has 6 nitrogen and oxygen atoms in total. The van der Waals surface area contributed by atoms with Crippen LogP contribution in [0.15, 0.2) is 36.9 Å². The minimum Gasteiger partial charge on any atom is -0.497 e. The fourth-order valence-corrected chi connectivity index (χ4v) is 11.4. The quantitative estimate of drug-likeness (QED) is 0.0704. The molecular weight excluding hydrogens is 549 g/mol. The van der Waals surface area contributed by atoms with Crippen LogP contribution < -0.4 is 4.74 Å². The molecule has 4 atom stereocenters. The number of ether oxygens (including phenoxy) is 3. The summed E-state index contributed by atoms with van der Waals surface area (Å²) in [6.07, 6.45) is 2.67. The second-order valence-corrected chi connectivity index (χ2v) is 21.3. The van der Waals surface area contributed by atoms with Gasteiger partial charge in [-0.05, 0) is 54.0 Å². The van der Waals surface area contributed by atoms with Crippen LogP contribution in [0.5, 0.6) is 5.75 Å². The summed E-state index contributed by atoms with van der Waals surface area (Å²) >= 11 is 0. The van der Waals surface area contributed by atoms with Crippen LogP contribution in [-0.4, -0.2) is 61.6 Å². The molecule has 0 bridgehead atoms. The minimum absolute atomic E-state index is 0.218. The Morgan fingerprint density at radius 2 is 1.37 bits per heavy atom. The first kappa shape index (κ1) is 37.7. The molecule has 1 aromatic carbocycles. The maximum absolute atomic E-state index is 11.8. The van der Waals surface area contributed by atoms with Crippen molar-refractivity contribution in [2.75, 3.05) is 14.2 Å². The molecule has 0 aliphatic rings. The fraction of sp³-hybridized carbons (Fsp3) is 0.727. The lowest BCUT2D eigenvalue weighted by Crippen LogP contribution is -2.55. The normalized spacial score (nSPS) is 15.7. The van der Waals surface area contributed by atoms with E-state index in [1.807, 2.05) is 30.3 Å². The summed E-state index contributed by atoms with van der Waals surface area (Å²) in [5, 5.41) is 0. The first-order valence-electron chi connectivity index (χ1n) is 15.7. The SMILES string of the molecule is C=CC(C)(C)[C@H](OCc1ccc(OC)cc1)[C@H](O[Si](CC)(CC)CC)[C@@H](C[C@H](CC=O)O[Si](CC)(CC)CC)OC. The van der Waals surface area contributed by atoms with Crippen molar-refractivity contribution < 1.29 is 27.9 Å². The maximum atomic E-state index is 11.8. The van der Waals surface area contributed by atoms with Crippen molar-refractivity contribution in [2.24, 2.45) is 5.41 Å². The molecular formula is C33H60O6Si2. The van der Waals surface area contributed by atoms with Crippen molar-refractivity contribution in [1.29, 1.82) is 0 Å². The van der Waals surface area contributed by atoms with Gasteiger partial charge >= 0.3 is 0 Å². The molecule has 0 saturated heterocycles. The Hall–Kier alpha value is -1.30. The highest BCUT2D eigenvalue weighted by molar-refractivity contribution is 6.74. The average Bonchev–Trinajstić information content (AvgIpc) is 3.00. The Bertz CT molecular complexity index is 850. The van der Waals surface area contributed by atoms with E-state index in [0.717, 1.165) is 53.9 Å². The highest BCUT2D eigenvalue weighted by Crippen LogP contribution is 2.37. The van der Waals surface area contributed by atoms with Gasteiger partial charge in [-0.1, -0.05) is 73.6 Å². The van der Waals surface area contributed by atoms with E-state index in [0.29, 0.717) is 19.4 Å². The number of rotatable bonds is 23. The molecule has 8 heteroatoms. The van der Waals surface area contributed by atoms with Gasteiger partial charge in [0.2, 0.25) is 0 Å². The molecule has 0 amide bonds. The predicted molar refractivity (Wildman–Crippen MR) is 176 cm³/mol. The van der Waals surface area contributed by atoms with Gasteiger partial charge in [-0.15, -0.1) is 6.58 Å². The van der Waals surface area contributed by atoms with Crippen LogP contribution in [0, 0.1) is 5.41 Å². The summed E-state index contributed by atoms with van der Waals surface area (Å²) in [6, 6.07) is 14.1. The van der Waals surface area contributed by atoms with Gasteiger partial charge in [0, 0.05) is 25.4 Å². The van der Waals surface area contributed by atoms with Gasteiger partial charge < -0.3 is 27.9 Å². The van der Waals surface area contributed by atoms with Crippen molar-refractivity contribution >= 4 is 22.9 Å². The first-order chi connectivity index (χ1) is 19.5. The van der Waals surface area contributed by atoms with Crippen molar-refractivity contribution in [3.05, 3.63) is 42.5 Å². The monoisotopic (exact) mass is 608 g/mol. The minimum atomic E-state index is -2.08. The van der Waals surface area contributed by atoms with Gasteiger partial charge in [-0.2, -0.15) is 0 Å². The van der Waals surface area contributed by atoms with E-state index in [1.54, 1.807) is 14.2 Å². The molecule has 0 radical (unpaired) electrons. The third-order valence-electron chi connectivity index (χ3n) is 9.34. The zero-order chi connectivity index (χ0) is 31.1. The second kappa shape index (κ2) is 18.4. The Morgan fingerprint density at radius 1 is 0.854 bits per heavy atom. The molecule has 0 aliphatic heterocycles. The number of hydrogen-bond acceptors (Lipinski definition) is 6. The summed E-state index contributed by atoms with van der Waals surface area (Å²) < 4.78 is 32.6. The van der Waals surface area contributed by atoms with Crippen LogP contribution >= 0.6 is 0 Å². The molecule has 0 heterocycles. The molecule has 1 rings (SSSR count). The van der Waals surface area contributed by atoms with Crippen LogP contribution in [0.4, 0.5) is 0 Å². The van der Waals surface area contributed by atoms with E-state index in [4.69, 9.17) is 23.1 Å². The van der Waals surface area contributed by atoms with Gasteiger partial charge in [0.25, 0.3) is 0 Å². The second-order valence-electron chi connectivity index (χ2n) is 11.8. The topological polar surface area (TPSA) is 63.2 Å². The Labute approximate surface area is 253 Å². The van der Waals surface area contributed by atoms with E-state index in [1.165, 1.54) is 0 Å². The van der Waals surface area contributed by atoms with E-state index < -0.39 is 22.0 Å². The lowest BCUT2D eigenvalue weighted by atomic mass is 9.81. The third kappa shape index (κ3) is 10.7. The molecule has 0 aromatic heterocycles. The zero-order valence-corrected chi connectivity index (χ0v) is 29.8. The standard InChI is InChI=1S/C33H60O6Si2/c1-12-33(8,9)32(37-26-27-19-21-28(35-10)22-20-27)31(39-41(16-5,17-6)18-7)30(36-11)25-29(23-24-34)38-40(13-2,14-3)15-4/h12,19-22,24,29-32H,1,13-18,23,25-26H2,2-11H3/t29-,30+,31+,32+/m0/s1. The molecule has 0 unspecified atom stereocenters. The fourth-order valence-electron chi connectivity index (χ4n) is 5.66. The summed E-state index contributed by atoms with van der Waals surface area (Å²) in [7, 11) is -0.609. The highest BCUT2D eigenvalue weighted by atomic mass is 28.4. The molecule has 0 fully saturated rings. The smallest absolute Gasteiger partial charge is 0.192 e. The van der Waals surface area contributed by atoms with Crippen molar-refractivity contribution in [3.8, 4) is 5.75 Å². The van der Waals surface area contributed by atoms with E-state index in [-0.39, 0.29) is 24.4 Å². The van der Waals surface area contributed by atoms with Crippen LogP contribution in [0.3, 0.4) is 0 Å². The first-order valence-corrected chi connectivity index (χ1v) is 20.8. The summed E-state index contributed by atoms with van der Waals surface area (Å²) in [4.78, 5) is 11.8. The molecule has 0 N–H and O–H groups in total. The molecule has 0 aliphatic carbocycles. The highest BCUT2D eigenvalue weighted by Gasteiger charge is 2.45. The van der Waals surface area contributed by atoms with E-state index in [2.05, 4.69) is 62.0 Å². The predicted octanol–water partition coefficient (Wildman–Crippen LogP) is 8.57. The Balaban J connectivity index is 3.57. The van der Waals surface area contributed by atoms with Gasteiger partial charge in [0.15, 0.2) is 16.6 Å². The molecule has 0 saturated carbocycles.